The lowest BCUT2D eigenvalue weighted by atomic mass is 9.96. The zero-order valence-corrected chi connectivity index (χ0v) is 21.6. The minimum atomic E-state index is -1.15. The van der Waals surface area contributed by atoms with Gasteiger partial charge in [0.15, 0.2) is 0 Å². The van der Waals surface area contributed by atoms with Gasteiger partial charge in [-0.15, -0.1) is 10.2 Å². The lowest BCUT2D eigenvalue weighted by molar-refractivity contribution is -0.147. The maximum absolute atomic E-state index is 14.2. The molecule has 0 aliphatic carbocycles. The number of amides is 2. The molecule has 0 fully saturated rings. The van der Waals surface area contributed by atoms with E-state index >= 15 is 0 Å². The number of hydrogen-bond acceptors (Lipinski definition) is 5. The fourth-order valence-electron chi connectivity index (χ4n) is 4.11. The average molecular weight is 537 g/mol. The van der Waals surface area contributed by atoms with Gasteiger partial charge in [-0.3, -0.25) is 9.59 Å². The molecule has 0 saturated heterocycles. The Hall–Kier alpha value is -4.54. The highest BCUT2D eigenvalue weighted by atomic mass is 19.1. The van der Waals surface area contributed by atoms with Crippen LogP contribution in [0.2, 0.25) is 0 Å². The minimum Gasteiger partial charge on any atom is -0.350 e. The molecule has 202 valence electrons. The Labute approximate surface area is 223 Å². The van der Waals surface area contributed by atoms with Crippen molar-refractivity contribution in [1.29, 1.82) is 0 Å². The van der Waals surface area contributed by atoms with E-state index in [-0.39, 0.29) is 24.5 Å². The molecule has 8 nitrogen and oxygen atoms in total. The highest BCUT2D eigenvalue weighted by Gasteiger charge is 2.38. The number of aromatic nitrogens is 4. The van der Waals surface area contributed by atoms with Crippen LogP contribution in [0.5, 0.6) is 0 Å². The molecule has 0 bridgehead atoms. The molecule has 4 aromatic rings. The van der Waals surface area contributed by atoms with E-state index in [4.69, 9.17) is 0 Å². The summed E-state index contributed by atoms with van der Waals surface area (Å²) in [5.74, 6) is -2.47. The first-order valence-electron chi connectivity index (χ1n) is 12.2. The number of hydrogen-bond donors (Lipinski definition) is 1. The van der Waals surface area contributed by atoms with E-state index < -0.39 is 40.8 Å². The summed E-state index contributed by atoms with van der Waals surface area (Å²) in [4.78, 5) is 29.7. The Balaban J connectivity index is 1.63. The highest BCUT2D eigenvalue weighted by Crippen LogP contribution is 2.30. The van der Waals surface area contributed by atoms with Crippen molar-refractivity contribution in [3.05, 3.63) is 101 Å². The van der Waals surface area contributed by atoms with E-state index in [1.807, 2.05) is 0 Å². The van der Waals surface area contributed by atoms with Crippen LogP contribution in [0.4, 0.5) is 13.2 Å². The Morgan fingerprint density at radius 2 is 1.54 bits per heavy atom. The van der Waals surface area contributed by atoms with Gasteiger partial charge in [-0.25, -0.2) is 13.2 Å². The van der Waals surface area contributed by atoms with Crippen molar-refractivity contribution < 1.29 is 22.8 Å². The molecule has 1 atom stereocenters. The Morgan fingerprint density at radius 1 is 0.923 bits per heavy atom. The van der Waals surface area contributed by atoms with E-state index in [0.717, 1.165) is 4.80 Å². The van der Waals surface area contributed by atoms with Gasteiger partial charge in [0.05, 0.1) is 5.56 Å². The number of rotatable bonds is 8. The Bertz CT molecular complexity index is 1450. The van der Waals surface area contributed by atoms with Crippen molar-refractivity contribution in [1.82, 2.24) is 30.4 Å². The third-order valence-electron chi connectivity index (χ3n) is 5.91. The minimum absolute atomic E-state index is 0.00957. The molecule has 1 aromatic heterocycles. The number of carbonyl (C=O) groups excluding carboxylic acids is 2. The molecular weight excluding hydrogens is 509 g/mol. The smallest absolute Gasteiger partial charge is 0.247 e. The maximum Gasteiger partial charge on any atom is 0.247 e. The van der Waals surface area contributed by atoms with Gasteiger partial charge in [0.2, 0.25) is 17.6 Å². The summed E-state index contributed by atoms with van der Waals surface area (Å²) in [5.41, 5.74) is 0.296. The average Bonchev–Trinajstić information content (AvgIpc) is 3.34. The predicted octanol–water partition coefficient (Wildman–Crippen LogP) is 4.44. The quantitative estimate of drug-likeness (QED) is 0.359. The standard InChI is InChI=1S/C28H27F3N6O2/c1-28(2,3)37(24(38)17-36-34-26(33-35-36)22-6-4-5-7-23(22)31)25(19-10-14-21(30)15-11-19)27(39)32-16-18-8-12-20(29)13-9-18/h4-15,25H,16-17H2,1-3H3,(H,32,39)/t25-/m1/s1. The fraction of sp³-hybridized carbons (Fsp3) is 0.250. The molecule has 0 saturated carbocycles. The van der Waals surface area contributed by atoms with Gasteiger partial charge < -0.3 is 10.2 Å². The number of halogens is 3. The Morgan fingerprint density at radius 3 is 2.15 bits per heavy atom. The molecule has 1 heterocycles. The van der Waals surface area contributed by atoms with Gasteiger partial charge in [0.25, 0.3) is 0 Å². The largest absolute Gasteiger partial charge is 0.350 e. The third-order valence-corrected chi connectivity index (χ3v) is 5.91. The van der Waals surface area contributed by atoms with E-state index in [9.17, 15) is 22.8 Å². The van der Waals surface area contributed by atoms with E-state index in [2.05, 4.69) is 20.7 Å². The van der Waals surface area contributed by atoms with Gasteiger partial charge in [-0.2, -0.15) is 4.80 Å². The molecule has 0 aliphatic rings. The molecule has 39 heavy (non-hydrogen) atoms. The van der Waals surface area contributed by atoms with Gasteiger partial charge in [-0.05, 0) is 73.5 Å². The van der Waals surface area contributed by atoms with Crippen LogP contribution >= 0.6 is 0 Å². The first-order chi connectivity index (χ1) is 18.5. The van der Waals surface area contributed by atoms with Gasteiger partial charge in [-0.1, -0.05) is 36.4 Å². The SMILES string of the molecule is CC(C)(C)N(C(=O)Cn1nnc(-c2ccccc2F)n1)[C@@H](C(=O)NCc1ccc(F)cc1)c1ccc(F)cc1. The summed E-state index contributed by atoms with van der Waals surface area (Å²) in [6.07, 6.45) is 0. The topological polar surface area (TPSA) is 93.0 Å². The van der Waals surface area contributed by atoms with Crippen molar-refractivity contribution in [2.45, 2.75) is 45.4 Å². The van der Waals surface area contributed by atoms with Crippen molar-refractivity contribution in [2.75, 3.05) is 0 Å². The number of tetrazole rings is 1. The summed E-state index contributed by atoms with van der Waals surface area (Å²) in [6.45, 7) is 4.97. The maximum atomic E-state index is 14.2. The predicted molar refractivity (Wildman–Crippen MR) is 137 cm³/mol. The van der Waals surface area contributed by atoms with Crippen LogP contribution < -0.4 is 5.32 Å². The van der Waals surface area contributed by atoms with E-state index in [1.165, 1.54) is 59.5 Å². The Kier molecular flexibility index (Phi) is 8.08. The van der Waals surface area contributed by atoms with Gasteiger partial charge >= 0.3 is 0 Å². The van der Waals surface area contributed by atoms with Crippen molar-refractivity contribution in [2.24, 2.45) is 0 Å². The number of nitrogens with zero attached hydrogens (tertiary/aromatic N) is 5. The first kappa shape index (κ1) is 27.5. The van der Waals surface area contributed by atoms with Crippen LogP contribution in [0, 0.1) is 17.5 Å². The zero-order chi connectivity index (χ0) is 28.2. The molecule has 3 aromatic carbocycles. The molecular formula is C28H27F3N6O2. The van der Waals surface area contributed by atoms with Crippen LogP contribution in [0.25, 0.3) is 11.4 Å². The zero-order valence-electron chi connectivity index (χ0n) is 21.6. The molecule has 0 radical (unpaired) electrons. The van der Waals surface area contributed by atoms with E-state index in [1.54, 1.807) is 39.0 Å². The molecule has 1 N–H and O–H groups in total. The van der Waals surface area contributed by atoms with Gasteiger partial charge in [0.1, 0.15) is 30.0 Å². The number of carbonyl (C=O) groups is 2. The molecule has 0 unspecified atom stereocenters. The lowest BCUT2D eigenvalue weighted by Crippen LogP contribution is -2.53. The number of benzene rings is 3. The second-order valence-corrected chi connectivity index (χ2v) is 9.86. The van der Waals surface area contributed by atoms with Crippen LogP contribution in [0.1, 0.15) is 37.9 Å². The van der Waals surface area contributed by atoms with Crippen LogP contribution in [-0.2, 0) is 22.7 Å². The third kappa shape index (κ3) is 6.67. The molecule has 4 rings (SSSR count). The fourth-order valence-corrected chi connectivity index (χ4v) is 4.11. The lowest BCUT2D eigenvalue weighted by Gasteiger charge is -2.41. The summed E-state index contributed by atoms with van der Waals surface area (Å²) in [6, 6.07) is 15.7. The van der Waals surface area contributed by atoms with E-state index in [0.29, 0.717) is 11.1 Å². The molecule has 0 spiro atoms. The first-order valence-corrected chi connectivity index (χ1v) is 12.2. The molecule has 2 amide bonds. The van der Waals surface area contributed by atoms with Crippen molar-refractivity contribution >= 4 is 11.8 Å². The second-order valence-electron chi connectivity index (χ2n) is 9.86. The molecule has 11 heteroatoms. The number of nitrogens with one attached hydrogen (secondary N) is 1. The summed E-state index contributed by atoms with van der Waals surface area (Å²) in [5, 5.41) is 14.7. The summed E-state index contributed by atoms with van der Waals surface area (Å²) in [7, 11) is 0. The van der Waals surface area contributed by atoms with Gasteiger partial charge in [0, 0.05) is 12.1 Å². The second kappa shape index (κ2) is 11.5. The van der Waals surface area contributed by atoms with Crippen molar-refractivity contribution in [3.63, 3.8) is 0 Å². The summed E-state index contributed by atoms with van der Waals surface area (Å²) < 4.78 is 41.2. The van der Waals surface area contributed by atoms with Crippen LogP contribution in [0.15, 0.2) is 72.8 Å². The summed E-state index contributed by atoms with van der Waals surface area (Å²) >= 11 is 0. The monoisotopic (exact) mass is 536 g/mol. The van der Waals surface area contributed by atoms with Crippen molar-refractivity contribution in [3.8, 4) is 11.4 Å². The van der Waals surface area contributed by atoms with Crippen LogP contribution in [0.3, 0.4) is 0 Å². The normalized spacial score (nSPS) is 12.2. The highest BCUT2D eigenvalue weighted by molar-refractivity contribution is 5.89. The molecule has 0 aliphatic heterocycles. The van der Waals surface area contributed by atoms with Crippen LogP contribution in [-0.4, -0.2) is 42.5 Å².